The molecule has 0 saturated carbocycles. The van der Waals surface area contributed by atoms with Gasteiger partial charge in [-0.2, -0.15) is 0 Å². The molecule has 0 radical (unpaired) electrons. The Morgan fingerprint density at radius 2 is 1.81 bits per heavy atom. The summed E-state index contributed by atoms with van der Waals surface area (Å²) in [6.07, 6.45) is 2.78. The molecule has 1 aromatic heterocycles. The number of nitrogens with one attached hydrogen (secondary N) is 1. The van der Waals surface area contributed by atoms with Gasteiger partial charge in [0, 0.05) is 30.3 Å². The molecule has 0 bridgehead atoms. The molecule has 3 nitrogen and oxygen atoms in total. The fourth-order valence-electron chi connectivity index (χ4n) is 2.94. The zero-order chi connectivity index (χ0) is 18.4. The molecule has 0 fully saturated rings. The molecule has 26 heavy (non-hydrogen) atoms. The van der Waals surface area contributed by atoms with Crippen molar-refractivity contribution in [2.75, 3.05) is 0 Å². The van der Waals surface area contributed by atoms with E-state index in [0.29, 0.717) is 0 Å². The number of thiazole rings is 1. The van der Waals surface area contributed by atoms with Gasteiger partial charge in [-0.1, -0.05) is 54.6 Å². The van der Waals surface area contributed by atoms with Gasteiger partial charge in [0.2, 0.25) is 5.91 Å². The van der Waals surface area contributed by atoms with Crippen molar-refractivity contribution in [3.05, 3.63) is 76.1 Å². The lowest BCUT2D eigenvalue weighted by molar-refractivity contribution is -0.119. The van der Waals surface area contributed by atoms with Crippen LogP contribution in [0.5, 0.6) is 0 Å². The van der Waals surface area contributed by atoms with Crippen LogP contribution < -0.4 is 5.32 Å². The summed E-state index contributed by atoms with van der Waals surface area (Å²) in [5.74, 6) is 0.0303. The van der Waals surface area contributed by atoms with Gasteiger partial charge in [0.15, 0.2) is 0 Å². The van der Waals surface area contributed by atoms with Gasteiger partial charge in [-0.05, 0) is 30.9 Å². The first-order valence-corrected chi connectivity index (χ1v) is 9.83. The van der Waals surface area contributed by atoms with Crippen molar-refractivity contribution in [2.45, 2.75) is 39.2 Å². The van der Waals surface area contributed by atoms with Gasteiger partial charge >= 0.3 is 0 Å². The van der Waals surface area contributed by atoms with Gasteiger partial charge < -0.3 is 5.32 Å². The van der Waals surface area contributed by atoms with Crippen LogP contribution in [-0.2, 0) is 17.6 Å². The van der Waals surface area contributed by atoms with Crippen LogP contribution in [0.15, 0.2) is 60.0 Å². The third-order valence-electron chi connectivity index (χ3n) is 4.32. The van der Waals surface area contributed by atoms with Crippen LogP contribution in [0.4, 0.5) is 0 Å². The molecule has 1 atom stereocenters. The summed E-state index contributed by atoms with van der Waals surface area (Å²) in [7, 11) is 0. The van der Waals surface area contributed by atoms with E-state index in [0.717, 1.165) is 35.5 Å². The van der Waals surface area contributed by atoms with E-state index < -0.39 is 0 Å². The molecule has 1 N–H and O–H groups in total. The second kappa shape index (κ2) is 8.77. The highest BCUT2D eigenvalue weighted by atomic mass is 32.1. The van der Waals surface area contributed by atoms with Crippen LogP contribution in [0.2, 0.25) is 0 Å². The molecular formula is C22H24N2OS. The number of nitrogens with zero attached hydrogens (tertiary/aromatic N) is 1. The van der Waals surface area contributed by atoms with E-state index in [4.69, 9.17) is 4.98 Å². The van der Waals surface area contributed by atoms with Crippen LogP contribution in [0, 0.1) is 0 Å². The monoisotopic (exact) mass is 364 g/mol. The van der Waals surface area contributed by atoms with Crippen LogP contribution >= 0.6 is 11.3 Å². The highest BCUT2D eigenvalue weighted by Gasteiger charge is 2.07. The molecule has 2 aromatic carbocycles. The predicted molar refractivity (Wildman–Crippen MR) is 108 cm³/mol. The lowest BCUT2D eigenvalue weighted by Gasteiger charge is -2.12. The van der Waals surface area contributed by atoms with Crippen LogP contribution in [-0.4, -0.2) is 16.9 Å². The molecule has 4 heteroatoms. The number of benzene rings is 2. The van der Waals surface area contributed by atoms with Gasteiger partial charge in [-0.3, -0.25) is 4.79 Å². The van der Waals surface area contributed by atoms with Crippen LogP contribution in [0.1, 0.15) is 36.4 Å². The molecule has 1 heterocycles. The highest BCUT2D eigenvalue weighted by molar-refractivity contribution is 7.10. The minimum Gasteiger partial charge on any atom is -0.354 e. The Kier molecular flexibility index (Phi) is 6.18. The molecule has 0 spiro atoms. The SMILES string of the molecule is CC(=O)NC(C)CCc1ccc(-c2csc(Cc3ccccc3)n2)cc1. The molecule has 0 aliphatic carbocycles. The number of rotatable bonds is 7. The van der Waals surface area contributed by atoms with Crippen molar-refractivity contribution in [3.63, 3.8) is 0 Å². The highest BCUT2D eigenvalue weighted by Crippen LogP contribution is 2.24. The summed E-state index contributed by atoms with van der Waals surface area (Å²) < 4.78 is 0. The van der Waals surface area contributed by atoms with Gasteiger partial charge in [-0.25, -0.2) is 4.98 Å². The Hall–Kier alpha value is -2.46. The number of amides is 1. The summed E-state index contributed by atoms with van der Waals surface area (Å²) in [6.45, 7) is 3.60. The molecule has 0 aliphatic heterocycles. The molecular weight excluding hydrogens is 340 g/mol. The third-order valence-corrected chi connectivity index (χ3v) is 5.16. The maximum absolute atomic E-state index is 11.1. The number of aryl methyl sites for hydroxylation is 1. The minimum absolute atomic E-state index is 0.0303. The molecule has 3 rings (SSSR count). The van der Waals surface area contributed by atoms with Crippen molar-refractivity contribution < 1.29 is 4.79 Å². The summed E-state index contributed by atoms with van der Waals surface area (Å²) in [4.78, 5) is 15.9. The summed E-state index contributed by atoms with van der Waals surface area (Å²) >= 11 is 1.71. The van der Waals surface area contributed by atoms with Gasteiger partial charge in [0.1, 0.15) is 0 Å². The molecule has 1 unspecified atom stereocenters. The summed E-state index contributed by atoms with van der Waals surface area (Å²) in [5, 5.41) is 6.19. The molecule has 0 saturated heterocycles. The predicted octanol–water partition coefficient (Wildman–Crippen LogP) is 4.86. The quantitative estimate of drug-likeness (QED) is 0.651. The zero-order valence-electron chi connectivity index (χ0n) is 15.2. The second-order valence-corrected chi connectivity index (χ2v) is 7.57. The van der Waals surface area contributed by atoms with E-state index in [9.17, 15) is 4.79 Å². The number of carbonyl (C=O) groups is 1. The fraction of sp³-hybridized carbons (Fsp3) is 0.273. The van der Waals surface area contributed by atoms with Crippen molar-refractivity contribution in [1.82, 2.24) is 10.3 Å². The standard InChI is InChI=1S/C22H24N2OS/c1-16(23-17(2)25)8-9-18-10-12-20(13-11-18)21-15-26-22(24-21)14-19-6-4-3-5-7-19/h3-7,10-13,15-16H,8-9,14H2,1-2H3,(H,23,25). The van der Waals surface area contributed by atoms with E-state index in [1.54, 1.807) is 18.3 Å². The number of hydrogen-bond acceptors (Lipinski definition) is 3. The summed E-state index contributed by atoms with van der Waals surface area (Å²) in [6, 6.07) is 19.2. The maximum atomic E-state index is 11.1. The normalized spacial score (nSPS) is 11.9. The van der Waals surface area contributed by atoms with Crippen molar-refractivity contribution >= 4 is 17.2 Å². The number of aromatic nitrogens is 1. The van der Waals surface area contributed by atoms with Gasteiger partial charge in [0.25, 0.3) is 0 Å². The van der Waals surface area contributed by atoms with Crippen molar-refractivity contribution in [1.29, 1.82) is 0 Å². The van der Waals surface area contributed by atoms with Crippen LogP contribution in [0.25, 0.3) is 11.3 Å². The average Bonchev–Trinajstić information content (AvgIpc) is 3.09. The minimum atomic E-state index is 0.0303. The topological polar surface area (TPSA) is 42.0 Å². The first kappa shape index (κ1) is 18.3. The Morgan fingerprint density at radius 3 is 2.50 bits per heavy atom. The van der Waals surface area contributed by atoms with E-state index in [1.807, 2.05) is 13.0 Å². The smallest absolute Gasteiger partial charge is 0.217 e. The maximum Gasteiger partial charge on any atom is 0.217 e. The molecule has 3 aromatic rings. The first-order chi connectivity index (χ1) is 12.6. The Balaban J connectivity index is 1.59. The average molecular weight is 365 g/mol. The second-order valence-electron chi connectivity index (χ2n) is 6.63. The molecule has 0 aliphatic rings. The Morgan fingerprint density at radius 1 is 1.08 bits per heavy atom. The van der Waals surface area contributed by atoms with Gasteiger partial charge in [0.05, 0.1) is 10.7 Å². The molecule has 1 amide bonds. The lowest BCUT2D eigenvalue weighted by Crippen LogP contribution is -2.30. The summed E-state index contributed by atoms with van der Waals surface area (Å²) in [5.41, 5.74) is 4.76. The van der Waals surface area contributed by atoms with Crippen molar-refractivity contribution in [2.24, 2.45) is 0 Å². The Labute approximate surface area is 159 Å². The van der Waals surface area contributed by atoms with E-state index >= 15 is 0 Å². The van der Waals surface area contributed by atoms with Crippen LogP contribution in [0.3, 0.4) is 0 Å². The van der Waals surface area contributed by atoms with E-state index in [2.05, 4.69) is 59.2 Å². The third kappa shape index (κ3) is 5.27. The van der Waals surface area contributed by atoms with Gasteiger partial charge in [-0.15, -0.1) is 11.3 Å². The first-order valence-electron chi connectivity index (χ1n) is 8.95. The van der Waals surface area contributed by atoms with E-state index in [1.165, 1.54) is 11.1 Å². The number of hydrogen-bond donors (Lipinski definition) is 1. The number of carbonyl (C=O) groups excluding carboxylic acids is 1. The van der Waals surface area contributed by atoms with E-state index in [-0.39, 0.29) is 11.9 Å². The largest absolute Gasteiger partial charge is 0.354 e. The Bertz CT molecular complexity index is 840. The lowest BCUT2D eigenvalue weighted by atomic mass is 10.0. The molecule has 134 valence electrons. The van der Waals surface area contributed by atoms with Crippen molar-refractivity contribution in [3.8, 4) is 11.3 Å². The zero-order valence-corrected chi connectivity index (χ0v) is 16.1. The fourth-order valence-corrected chi connectivity index (χ4v) is 3.78.